The molecule has 1 aliphatic rings. The van der Waals surface area contributed by atoms with E-state index in [9.17, 15) is 13.5 Å². The van der Waals surface area contributed by atoms with Crippen LogP contribution in [0.25, 0.3) is 4.96 Å². The summed E-state index contributed by atoms with van der Waals surface area (Å²) in [5, 5.41) is 15.7. The molecule has 10 heteroatoms. The summed E-state index contributed by atoms with van der Waals surface area (Å²) in [5.41, 5.74) is 0.698. The Morgan fingerprint density at radius 1 is 1.41 bits per heavy atom. The van der Waals surface area contributed by atoms with E-state index in [4.69, 9.17) is 0 Å². The summed E-state index contributed by atoms with van der Waals surface area (Å²) in [6.45, 7) is 0.430. The van der Waals surface area contributed by atoms with E-state index in [0.29, 0.717) is 17.2 Å². The van der Waals surface area contributed by atoms with Gasteiger partial charge in [-0.05, 0) is 6.07 Å². The first-order valence-corrected chi connectivity index (χ1v) is 9.00. The Morgan fingerprint density at radius 3 is 3.09 bits per heavy atom. The molecule has 0 aromatic carbocycles. The molecule has 3 aromatic rings. The van der Waals surface area contributed by atoms with Crippen LogP contribution in [0.15, 0.2) is 35.1 Å². The molecule has 22 heavy (non-hydrogen) atoms. The molecular weight excluding hydrogens is 326 g/mol. The number of fused-ring (bicyclic) bond motifs is 2. The van der Waals surface area contributed by atoms with Gasteiger partial charge in [-0.3, -0.25) is 9.08 Å². The second-order valence-electron chi connectivity index (χ2n) is 4.95. The lowest BCUT2D eigenvalue weighted by Crippen LogP contribution is -2.43. The van der Waals surface area contributed by atoms with Crippen molar-refractivity contribution in [1.29, 1.82) is 0 Å². The zero-order valence-electron chi connectivity index (χ0n) is 11.4. The first-order chi connectivity index (χ1) is 10.6. The number of aliphatic hydroxyl groups is 1. The highest BCUT2D eigenvalue weighted by Crippen LogP contribution is 2.31. The smallest absolute Gasteiger partial charge is 0.261 e. The molecular formula is C12H13N5O3S2. The van der Waals surface area contributed by atoms with Crippen molar-refractivity contribution in [3.63, 3.8) is 0 Å². The van der Waals surface area contributed by atoms with E-state index in [0.717, 1.165) is 0 Å². The van der Waals surface area contributed by atoms with Crippen LogP contribution in [0.1, 0.15) is 11.7 Å². The Balaban J connectivity index is 1.82. The van der Waals surface area contributed by atoms with Crippen molar-refractivity contribution >= 4 is 26.3 Å². The van der Waals surface area contributed by atoms with Crippen molar-refractivity contribution in [3.05, 3.63) is 35.7 Å². The molecule has 3 aromatic heterocycles. The van der Waals surface area contributed by atoms with Gasteiger partial charge in [-0.25, -0.2) is 13.4 Å². The molecule has 0 radical (unpaired) electrons. The van der Waals surface area contributed by atoms with Crippen LogP contribution in [0, 0.1) is 0 Å². The molecule has 1 aliphatic heterocycles. The van der Waals surface area contributed by atoms with Gasteiger partial charge in [0.1, 0.15) is 0 Å². The van der Waals surface area contributed by atoms with Crippen molar-refractivity contribution in [3.8, 4) is 0 Å². The highest BCUT2D eigenvalue weighted by Gasteiger charge is 2.38. The predicted octanol–water partition coefficient (Wildman–Crippen LogP) is 0.330. The molecule has 0 fully saturated rings. The monoisotopic (exact) mass is 339 g/mol. The van der Waals surface area contributed by atoms with E-state index < -0.39 is 16.1 Å². The van der Waals surface area contributed by atoms with Crippen molar-refractivity contribution in [1.82, 2.24) is 23.5 Å². The Morgan fingerprint density at radius 2 is 2.27 bits per heavy atom. The van der Waals surface area contributed by atoms with Gasteiger partial charge in [0.2, 0.25) is 0 Å². The molecule has 4 heterocycles. The first-order valence-electron chi connectivity index (χ1n) is 6.68. The van der Waals surface area contributed by atoms with Crippen molar-refractivity contribution in [2.75, 3.05) is 13.2 Å². The van der Waals surface area contributed by atoms with Gasteiger partial charge in [0.05, 0.1) is 31.1 Å². The quantitative estimate of drug-likeness (QED) is 0.742. The van der Waals surface area contributed by atoms with Crippen LogP contribution in [0.4, 0.5) is 0 Å². The SMILES string of the molecule is O=S(=O)(c1cnc2sccn12)N1CCn2nccc2C1CO. The molecule has 0 saturated carbocycles. The van der Waals surface area contributed by atoms with Gasteiger partial charge in [-0.2, -0.15) is 9.40 Å². The van der Waals surface area contributed by atoms with Gasteiger partial charge < -0.3 is 5.11 Å². The van der Waals surface area contributed by atoms with Crippen LogP contribution in [0.5, 0.6) is 0 Å². The largest absolute Gasteiger partial charge is 0.394 e. The van der Waals surface area contributed by atoms with Crippen molar-refractivity contribution in [2.45, 2.75) is 17.6 Å². The second-order valence-corrected chi connectivity index (χ2v) is 7.66. The number of aromatic nitrogens is 4. The van der Waals surface area contributed by atoms with Gasteiger partial charge in [0.15, 0.2) is 9.99 Å². The van der Waals surface area contributed by atoms with Crippen molar-refractivity contribution in [2.24, 2.45) is 0 Å². The maximum atomic E-state index is 13.0. The number of hydrogen-bond acceptors (Lipinski definition) is 6. The molecule has 0 spiro atoms. The molecule has 0 saturated heterocycles. The van der Waals surface area contributed by atoms with E-state index >= 15 is 0 Å². The second kappa shape index (κ2) is 4.88. The minimum absolute atomic E-state index is 0.121. The van der Waals surface area contributed by atoms with E-state index in [1.165, 1.54) is 21.8 Å². The average Bonchev–Trinajstić information content (AvgIpc) is 3.20. The molecule has 4 rings (SSSR count). The van der Waals surface area contributed by atoms with Gasteiger partial charge in [-0.15, -0.1) is 11.3 Å². The zero-order valence-corrected chi connectivity index (χ0v) is 13.0. The fourth-order valence-electron chi connectivity index (χ4n) is 2.80. The maximum absolute atomic E-state index is 13.0. The number of aliphatic hydroxyl groups excluding tert-OH is 1. The number of rotatable bonds is 3. The summed E-state index contributed by atoms with van der Waals surface area (Å²) >= 11 is 1.37. The number of thiazole rings is 1. The fourth-order valence-corrected chi connectivity index (χ4v) is 5.20. The molecule has 8 nitrogen and oxygen atoms in total. The van der Waals surface area contributed by atoms with Crippen LogP contribution in [0.3, 0.4) is 0 Å². The maximum Gasteiger partial charge on any atom is 0.261 e. The molecule has 0 aliphatic carbocycles. The van der Waals surface area contributed by atoms with Crippen LogP contribution >= 0.6 is 11.3 Å². The third-order valence-electron chi connectivity index (χ3n) is 3.83. The van der Waals surface area contributed by atoms with Crippen LogP contribution in [0.2, 0.25) is 0 Å². The summed E-state index contributed by atoms with van der Waals surface area (Å²) < 4.78 is 30.6. The number of sulfonamides is 1. The topological polar surface area (TPSA) is 92.7 Å². The van der Waals surface area contributed by atoms with E-state index in [1.807, 2.05) is 0 Å². The predicted molar refractivity (Wildman–Crippen MR) is 79.0 cm³/mol. The van der Waals surface area contributed by atoms with Gasteiger partial charge in [-0.1, -0.05) is 0 Å². The Hall–Kier alpha value is -1.75. The zero-order chi connectivity index (χ0) is 15.3. The highest BCUT2D eigenvalue weighted by atomic mass is 32.2. The van der Waals surface area contributed by atoms with E-state index in [1.54, 1.807) is 32.9 Å². The summed E-state index contributed by atoms with van der Waals surface area (Å²) in [5.74, 6) is 0. The van der Waals surface area contributed by atoms with Crippen LogP contribution in [-0.4, -0.2) is 50.1 Å². The normalized spacial score (nSPS) is 19.6. The molecule has 1 atom stereocenters. The third-order valence-corrected chi connectivity index (χ3v) is 6.48. The Kier molecular flexibility index (Phi) is 3.08. The minimum atomic E-state index is -3.76. The lowest BCUT2D eigenvalue weighted by molar-refractivity contribution is 0.158. The van der Waals surface area contributed by atoms with E-state index in [-0.39, 0.29) is 18.2 Å². The molecule has 1 unspecified atom stereocenters. The summed E-state index contributed by atoms with van der Waals surface area (Å²) in [6.07, 6.45) is 4.66. The standard InChI is InChI=1S/C12H13N5O3S2/c18-8-10-9-1-2-14-16(9)3-4-17(10)22(19,20)11-7-13-12-15(11)5-6-21-12/h1-2,5-7,10,18H,3-4,8H2. The number of hydrogen-bond donors (Lipinski definition) is 1. The summed E-state index contributed by atoms with van der Waals surface area (Å²) in [4.78, 5) is 4.75. The number of nitrogens with zero attached hydrogens (tertiary/aromatic N) is 5. The van der Waals surface area contributed by atoms with Gasteiger partial charge in [0, 0.05) is 24.3 Å². The fraction of sp³-hybridized carbons (Fsp3) is 0.333. The summed E-state index contributed by atoms with van der Waals surface area (Å²) in [6, 6.07) is 1.10. The lowest BCUT2D eigenvalue weighted by atomic mass is 10.2. The molecule has 1 N–H and O–H groups in total. The third kappa shape index (κ3) is 1.85. The summed E-state index contributed by atoms with van der Waals surface area (Å²) in [7, 11) is -3.76. The molecule has 0 amide bonds. The molecule has 116 valence electrons. The minimum Gasteiger partial charge on any atom is -0.394 e. The lowest BCUT2D eigenvalue weighted by Gasteiger charge is -2.33. The highest BCUT2D eigenvalue weighted by molar-refractivity contribution is 7.89. The van der Waals surface area contributed by atoms with E-state index in [2.05, 4.69) is 10.1 Å². The van der Waals surface area contributed by atoms with Crippen LogP contribution in [-0.2, 0) is 16.6 Å². The average molecular weight is 339 g/mol. The Bertz CT molecular complexity index is 926. The Labute approximate surface area is 130 Å². The van der Waals surface area contributed by atoms with Gasteiger partial charge in [0.25, 0.3) is 10.0 Å². The first kappa shape index (κ1) is 13.9. The van der Waals surface area contributed by atoms with Crippen molar-refractivity contribution < 1.29 is 13.5 Å². The number of imidazole rings is 1. The van der Waals surface area contributed by atoms with Gasteiger partial charge >= 0.3 is 0 Å². The van der Waals surface area contributed by atoms with Crippen LogP contribution < -0.4 is 0 Å². The molecule has 0 bridgehead atoms.